The third kappa shape index (κ3) is 4.05. The first-order chi connectivity index (χ1) is 9.37. The fourth-order valence-electron chi connectivity index (χ4n) is 2.46. The summed E-state index contributed by atoms with van der Waals surface area (Å²) in [5, 5.41) is 3.52. The molecule has 2 unspecified atom stereocenters. The van der Waals surface area contributed by atoms with E-state index in [2.05, 4.69) is 50.4 Å². The second-order valence-corrected chi connectivity index (χ2v) is 6.40. The summed E-state index contributed by atoms with van der Waals surface area (Å²) in [4.78, 5) is 0. The van der Waals surface area contributed by atoms with Crippen molar-refractivity contribution in [3.63, 3.8) is 0 Å². The summed E-state index contributed by atoms with van der Waals surface area (Å²) in [6.07, 6.45) is 0.141. The van der Waals surface area contributed by atoms with Gasteiger partial charge in [0.15, 0.2) is 5.79 Å². The van der Waals surface area contributed by atoms with Crippen molar-refractivity contribution in [3.05, 3.63) is 35.4 Å². The molecular weight excluding hydrogens is 250 g/mol. The van der Waals surface area contributed by atoms with Gasteiger partial charge in [0.25, 0.3) is 0 Å². The van der Waals surface area contributed by atoms with Crippen molar-refractivity contribution in [2.75, 3.05) is 13.2 Å². The van der Waals surface area contributed by atoms with E-state index in [1.807, 2.05) is 13.8 Å². The second-order valence-electron chi connectivity index (χ2n) is 6.40. The first kappa shape index (κ1) is 15.5. The van der Waals surface area contributed by atoms with Gasteiger partial charge in [-0.3, -0.25) is 0 Å². The Morgan fingerprint density at radius 3 is 2.25 bits per heavy atom. The van der Waals surface area contributed by atoms with Crippen LogP contribution in [0, 0.1) is 0 Å². The van der Waals surface area contributed by atoms with Crippen LogP contribution in [0.15, 0.2) is 24.3 Å². The van der Waals surface area contributed by atoms with Gasteiger partial charge < -0.3 is 14.8 Å². The molecule has 20 heavy (non-hydrogen) atoms. The van der Waals surface area contributed by atoms with Gasteiger partial charge in [0.1, 0.15) is 0 Å². The van der Waals surface area contributed by atoms with Gasteiger partial charge in [-0.1, -0.05) is 38.1 Å². The molecule has 0 radical (unpaired) electrons. The normalized spacial score (nSPS) is 23.2. The average molecular weight is 277 g/mol. The number of ether oxygens (including phenoxy) is 2. The van der Waals surface area contributed by atoms with Crippen LogP contribution in [0.2, 0.25) is 0 Å². The molecule has 1 aliphatic rings. The average Bonchev–Trinajstić information content (AvgIpc) is 2.75. The maximum Gasteiger partial charge on any atom is 0.163 e. The van der Waals surface area contributed by atoms with Gasteiger partial charge in [-0.05, 0) is 37.8 Å². The van der Waals surface area contributed by atoms with Gasteiger partial charge in [-0.15, -0.1) is 0 Å². The molecule has 1 aliphatic heterocycles. The number of hydrogen-bond donors (Lipinski definition) is 1. The Labute approximate surface area is 122 Å². The van der Waals surface area contributed by atoms with E-state index in [4.69, 9.17) is 9.47 Å². The summed E-state index contributed by atoms with van der Waals surface area (Å²) in [5.74, 6) is 0.146. The largest absolute Gasteiger partial charge is 0.348 e. The first-order valence-electron chi connectivity index (χ1n) is 7.52. The second kappa shape index (κ2) is 6.25. The zero-order valence-corrected chi connectivity index (χ0v) is 13.3. The third-order valence-electron chi connectivity index (χ3n) is 3.82. The molecule has 1 fully saturated rings. The highest BCUT2D eigenvalue weighted by Gasteiger charge is 2.32. The Bertz CT molecular complexity index is 425. The summed E-state index contributed by atoms with van der Waals surface area (Å²) in [7, 11) is 0. The molecule has 112 valence electrons. The van der Waals surface area contributed by atoms with Crippen molar-refractivity contribution >= 4 is 0 Å². The molecule has 0 bridgehead atoms. The van der Waals surface area contributed by atoms with Crippen LogP contribution in [0.1, 0.15) is 57.7 Å². The molecule has 0 aromatic heterocycles. The fourth-order valence-corrected chi connectivity index (χ4v) is 2.46. The molecule has 0 spiro atoms. The summed E-state index contributed by atoms with van der Waals surface area (Å²) >= 11 is 0. The minimum atomic E-state index is -0.436. The van der Waals surface area contributed by atoms with Crippen molar-refractivity contribution in [2.24, 2.45) is 0 Å². The molecule has 1 aromatic carbocycles. The van der Waals surface area contributed by atoms with E-state index in [1.165, 1.54) is 11.1 Å². The monoisotopic (exact) mass is 277 g/mol. The molecule has 3 nitrogen and oxygen atoms in total. The van der Waals surface area contributed by atoms with E-state index in [1.54, 1.807) is 0 Å². The highest BCUT2D eigenvalue weighted by Crippen LogP contribution is 2.23. The molecule has 2 atom stereocenters. The lowest BCUT2D eigenvalue weighted by Crippen LogP contribution is -2.32. The lowest BCUT2D eigenvalue weighted by atomic mass is 9.99. The molecule has 1 aromatic rings. The van der Waals surface area contributed by atoms with Crippen LogP contribution in [0.3, 0.4) is 0 Å². The van der Waals surface area contributed by atoms with Crippen LogP contribution >= 0.6 is 0 Å². The van der Waals surface area contributed by atoms with E-state index in [9.17, 15) is 0 Å². The van der Waals surface area contributed by atoms with Crippen molar-refractivity contribution in [1.82, 2.24) is 5.32 Å². The fraction of sp³-hybridized carbons (Fsp3) is 0.647. The van der Waals surface area contributed by atoms with E-state index < -0.39 is 5.79 Å². The lowest BCUT2D eigenvalue weighted by Gasteiger charge is -2.20. The van der Waals surface area contributed by atoms with Gasteiger partial charge in [0.05, 0.1) is 12.7 Å². The lowest BCUT2D eigenvalue weighted by molar-refractivity contribution is -0.137. The standard InChI is InChI=1S/C17H27NO2/c1-12(2)14-6-8-15(9-7-14)13(3)18-10-16-11-19-17(4,5)20-16/h6-9,12-13,16,18H,10-11H2,1-5H3. The van der Waals surface area contributed by atoms with Crippen LogP contribution in [-0.2, 0) is 9.47 Å². The summed E-state index contributed by atoms with van der Waals surface area (Å²) < 4.78 is 11.4. The molecule has 0 saturated carbocycles. The summed E-state index contributed by atoms with van der Waals surface area (Å²) in [6.45, 7) is 12.0. The zero-order chi connectivity index (χ0) is 14.8. The van der Waals surface area contributed by atoms with Gasteiger partial charge in [0.2, 0.25) is 0 Å². The molecule has 1 heterocycles. The molecule has 1 saturated heterocycles. The number of rotatable bonds is 5. The van der Waals surface area contributed by atoms with E-state index in [-0.39, 0.29) is 6.10 Å². The molecular formula is C17H27NO2. The topological polar surface area (TPSA) is 30.5 Å². The minimum absolute atomic E-state index is 0.141. The van der Waals surface area contributed by atoms with Gasteiger partial charge in [0, 0.05) is 12.6 Å². The van der Waals surface area contributed by atoms with Crippen LogP contribution in [0.4, 0.5) is 0 Å². The van der Waals surface area contributed by atoms with Crippen molar-refractivity contribution < 1.29 is 9.47 Å². The van der Waals surface area contributed by atoms with Crippen molar-refractivity contribution in [2.45, 2.75) is 58.5 Å². The van der Waals surface area contributed by atoms with E-state index in [0.29, 0.717) is 18.6 Å². The maximum absolute atomic E-state index is 5.80. The highest BCUT2D eigenvalue weighted by atomic mass is 16.7. The molecule has 1 N–H and O–H groups in total. The Morgan fingerprint density at radius 2 is 1.75 bits per heavy atom. The van der Waals surface area contributed by atoms with Gasteiger partial charge >= 0.3 is 0 Å². The number of nitrogens with one attached hydrogen (secondary N) is 1. The van der Waals surface area contributed by atoms with E-state index in [0.717, 1.165) is 6.54 Å². The number of hydrogen-bond acceptors (Lipinski definition) is 3. The molecule has 0 aliphatic carbocycles. The Kier molecular flexibility index (Phi) is 4.84. The van der Waals surface area contributed by atoms with Gasteiger partial charge in [-0.25, -0.2) is 0 Å². The SMILES string of the molecule is CC(C)c1ccc(C(C)NCC2COC(C)(C)O2)cc1. The summed E-state index contributed by atoms with van der Waals surface area (Å²) in [5.41, 5.74) is 2.70. The van der Waals surface area contributed by atoms with Crippen LogP contribution in [-0.4, -0.2) is 25.0 Å². The predicted molar refractivity (Wildman–Crippen MR) is 81.9 cm³/mol. The van der Waals surface area contributed by atoms with Crippen LogP contribution in [0.25, 0.3) is 0 Å². The van der Waals surface area contributed by atoms with Gasteiger partial charge in [-0.2, -0.15) is 0 Å². The van der Waals surface area contributed by atoms with E-state index >= 15 is 0 Å². The Balaban J connectivity index is 1.84. The zero-order valence-electron chi connectivity index (χ0n) is 13.3. The minimum Gasteiger partial charge on any atom is -0.348 e. The maximum atomic E-state index is 5.80. The summed E-state index contributed by atoms with van der Waals surface area (Å²) in [6, 6.07) is 9.18. The quantitative estimate of drug-likeness (QED) is 0.892. The first-order valence-corrected chi connectivity index (χ1v) is 7.52. The third-order valence-corrected chi connectivity index (χ3v) is 3.82. The van der Waals surface area contributed by atoms with Crippen molar-refractivity contribution in [1.29, 1.82) is 0 Å². The smallest absolute Gasteiger partial charge is 0.163 e. The molecule has 3 heteroatoms. The van der Waals surface area contributed by atoms with Crippen LogP contribution < -0.4 is 5.32 Å². The van der Waals surface area contributed by atoms with Crippen molar-refractivity contribution in [3.8, 4) is 0 Å². The molecule has 0 amide bonds. The Morgan fingerprint density at radius 1 is 1.15 bits per heavy atom. The predicted octanol–water partition coefficient (Wildman–Crippen LogP) is 3.61. The highest BCUT2D eigenvalue weighted by molar-refractivity contribution is 5.26. The molecule has 2 rings (SSSR count). The van der Waals surface area contributed by atoms with Crippen LogP contribution in [0.5, 0.6) is 0 Å². The number of benzene rings is 1. The Hall–Kier alpha value is -0.900.